The molecule has 2 amide bonds. The van der Waals surface area contributed by atoms with E-state index in [9.17, 15) is 28.1 Å². The van der Waals surface area contributed by atoms with Crippen LogP contribution in [0.5, 0.6) is 5.75 Å². The minimum absolute atomic E-state index is 0.0758. The highest BCUT2D eigenvalue weighted by atomic mass is 35.5. The first-order valence-corrected chi connectivity index (χ1v) is 14.9. The zero-order valence-corrected chi connectivity index (χ0v) is 25.7. The van der Waals surface area contributed by atoms with Crippen LogP contribution in [-0.4, -0.2) is 56.3 Å². The quantitative estimate of drug-likeness (QED) is 0.219. The van der Waals surface area contributed by atoms with Gasteiger partial charge in [-0.15, -0.1) is 0 Å². The van der Waals surface area contributed by atoms with Crippen LogP contribution in [0.1, 0.15) is 25.0 Å². The van der Waals surface area contributed by atoms with Gasteiger partial charge in [0.05, 0.1) is 22.6 Å². The monoisotopic (exact) mass is 636 g/mol. The molecule has 0 aliphatic rings. The van der Waals surface area contributed by atoms with E-state index in [0.717, 1.165) is 10.4 Å². The number of carbonyl (C=O) groups excluding carboxylic acids is 2. The number of nitrogens with one attached hydrogen (secondary N) is 1. The lowest BCUT2D eigenvalue weighted by atomic mass is 10.1. The second-order valence-electron chi connectivity index (χ2n) is 9.22. The van der Waals surface area contributed by atoms with Crippen LogP contribution < -0.4 is 14.4 Å². The van der Waals surface area contributed by atoms with E-state index >= 15 is 0 Å². The topological polar surface area (TPSA) is 139 Å². The molecule has 0 radical (unpaired) electrons. The fourth-order valence-electron chi connectivity index (χ4n) is 4.16. The number of sulfonamides is 1. The van der Waals surface area contributed by atoms with Gasteiger partial charge in [-0.25, -0.2) is 8.42 Å². The van der Waals surface area contributed by atoms with Crippen molar-refractivity contribution in [2.24, 2.45) is 0 Å². The van der Waals surface area contributed by atoms with Gasteiger partial charge < -0.3 is 15.0 Å². The van der Waals surface area contributed by atoms with Gasteiger partial charge in [0.15, 0.2) is 0 Å². The summed E-state index contributed by atoms with van der Waals surface area (Å²) in [5.74, 6) is -1.13. The second kappa shape index (κ2) is 13.9. The minimum Gasteiger partial charge on any atom is -0.495 e. The normalized spacial score (nSPS) is 11.9. The first-order valence-electron chi connectivity index (χ1n) is 12.7. The number of nitro groups is 1. The van der Waals surface area contributed by atoms with Gasteiger partial charge in [-0.1, -0.05) is 47.5 Å². The maximum absolute atomic E-state index is 14.1. The molecule has 1 atom stereocenters. The first kappa shape index (κ1) is 32.6. The Morgan fingerprint density at radius 1 is 1.10 bits per heavy atom. The molecule has 42 heavy (non-hydrogen) atoms. The van der Waals surface area contributed by atoms with Crippen LogP contribution in [0, 0.1) is 17.0 Å². The molecule has 0 aliphatic heterocycles. The number of amides is 2. The molecule has 0 heterocycles. The molecule has 3 aromatic carbocycles. The van der Waals surface area contributed by atoms with Crippen LogP contribution in [0.2, 0.25) is 10.0 Å². The number of anilines is 1. The van der Waals surface area contributed by atoms with Crippen LogP contribution >= 0.6 is 23.2 Å². The highest BCUT2D eigenvalue weighted by Gasteiger charge is 2.35. The Morgan fingerprint density at radius 2 is 1.79 bits per heavy atom. The van der Waals surface area contributed by atoms with Gasteiger partial charge in [-0.2, -0.15) is 0 Å². The molecule has 224 valence electrons. The molecule has 0 spiro atoms. The van der Waals surface area contributed by atoms with Crippen LogP contribution in [0.3, 0.4) is 0 Å². The van der Waals surface area contributed by atoms with Crippen LogP contribution in [-0.2, 0) is 26.2 Å². The van der Waals surface area contributed by atoms with E-state index in [1.54, 1.807) is 31.2 Å². The van der Waals surface area contributed by atoms with Crippen molar-refractivity contribution in [3.8, 4) is 5.75 Å². The van der Waals surface area contributed by atoms with E-state index in [0.29, 0.717) is 17.1 Å². The fraction of sp³-hybridized carbons (Fsp3) is 0.286. The molecule has 0 saturated heterocycles. The van der Waals surface area contributed by atoms with Gasteiger partial charge >= 0.3 is 0 Å². The third kappa shape index (κ3) is 7.30. The summed E-state index contributed by atoms with van der Waals surface area (Å²) in [4.78, 5) is 38.5. The van der Waals surface area contributed by atoms with Crippen molar-refractivity contribution in [3.63, 3.8) is 0 Å². The van der Waals surface area contributed by atoms with E-state index in [4.69, 9.17) is 27.9 Å². The summed E-state index contributed by atoms with van der Waals surface area (Å²) in [7, 11) is -3.31. The number of ether oxygens (including phenoxy) is 1. The standard InChI is InChI=1S/C28H30Cl2N4O7S/c1-5-31-28(36)19(3)32(16-20-8-6-7-9-23(20)30)27(35)17-33(25-14-21(29)11-13-26(25)41-4)42(39,40)22-12-10-18(2)24(15-22)34(37)38/h6-15,19H,5,16-17H2,1-4H3,(H,31,36)/t19-/m1/s1. The number of methoxy groups -OCH3 is 1. The number of likely N-dealkylation sites (N-methyl/N-ethyl adjacent to an activating group) is 1. The van der Waals surface area contributed by atoms with Crippen molar-refractivity contribution in [1.82, 2.24) is 10.2 Å². The van der Waals surface area contributed by atoms with Crippen molar-refractivity contribution < 1.29 is 27.7 Å². The lowest BCUT2D eigenvalue weighted by molar-refractivity contribution is -0.385. The Balaban J connectivity index is 2.17. The molecule has 0 unspecified atom stereocenters. The van der Waals surface area contributed by atoms with E-state index in [-0.39, 0.29) is 28.6 Å². The molecular weight excluding hydrogens is 607 g/mol. The SMILES string of the molecule is CCNC(=O)[C@@H](C)N(Cc1ccccc1Cl)C(=O)CN(c1cc(Cl)ccc1OC)S(=O)(=O)c1ccc(C)c([N+](=O)[O-])c1. The zero-order chi connectivity index (χ0) is 31.2. The number of rotatable bonds is 12. The summed E-state index contributed by atoms with van der Waals surface area (Å²) in [5.41, 5.74) is 0.298. The van der Waals surface area contributed by atoms with Gasteiger partial charge in [0.1, 0.15) is 18.3 Å². The first-order chi connectivity index (χ1) is 19.8. The van der Waals surface area contributed by atoms with E-state index < -0.39 is 49.9 Å². The Morgan fingerprint density at radius 3 is 2.40 bits per heavy atom. The summed E-state index contributed by atoms with van der Waals surface area (Å²) in [6.45, 7) is 4.13. The van der Waals surface area contributed by atoms with Crippen molar-refractivity contribution in [3.05, 3.63) is 92.0 Å². The van der Waals surface area contributed by atoms with Gasteiger partial charge in [0, 0.05) is 34.8 Å². The Kier molecular flexibility index (Phi) is 10.8. The largest absolute Gasteiger partial charge is 0.495 e. The minimum atomic E-state index is -4.63. The zero-order valence-electron chi connectivity index (χ0n) is 23.3. The molecule has 0 bridgehead atoms. The smallest absolute Gasteiger partial charge is 0.273 e. The van der Waals surface area contributed by atoms with Crippen LogP contribution in [0.15, 0.2) is 65.6 Å². The average molecular weight is 638 g/mol. The maximum Gasteiger partial charge on any atom is 0.273 e. The number of nitro benzene ring substituents is 1. The fourth-order valence-corrected chi connectivity index (χ4v) is 5.96. The predicted molar refractivity (Wildman–Crippen MR) is 161 cm³/mol. The number of hydrogen-bond donors (Lipinski definition) is 1. The third-order valence-corrected chi connectivity index (χ3v) is 8.83. The number of halogens is 2. The number of benzene rings is 3. The average Bonchev–Trinajstić information content (AvgIpc) is 2.95. The molecule has 0 aromatic heterocycles. The number of aryl methyl sites for hydroxylation is 1. The van der Waals surface area contributed by atoms with Gasteiger partial charge in [0.25, 0.3) is 15.7 Å². The number of carbonyl (C=O) groups is 2. The van der Waals surface area contributed by atoms with Gasteiger partial charge in [0.2, 0.25) is 11.8 Å². The molecule has 11 nitrogen and oxygen atoms in total. The van der Waals surface area contributed by atoms with Crippen LogP contribution in [0.25, 0.3) is 0 Å². The van der Waals surface area contributed by atoms with Gasteiger partial charge in [-0.05, 0) is 56.7 Å². The van der Waals surface area contributed by atoms with E-state index in [1.807, 2.05) is 0 Å². The Hall–Kier alpha value is -3.87. The summed E-state index contributed by atoms with van der Waals surface area (Å²) in [6.07, 6.45) is 0. The van der Waals surface area contributed by atoms with Crippen molar-refractivity contribution >= 4 is 56.4 Å². The van der Waals surface area contributed by atoms with Crippen molar-refractivity contribution in [2.75, 3.05) is 24.5 Å². The third-order valence-electron chi connectivity index (χ3n) is 6.47. The van der Waals surface area contributed by atoms with Crippen molar-refractivity contribution in [1.29, 1.82) is 0 Å². The molecule has 0 aliphatic carbocycles. The summed E-state index contributed by atoms with van der Waals surface area (Å²) in [5, 5.41) is 14.8. The Labute approximate surface area is 254 Å². The lowest BCUT2D eigenvalue weighted by Crippen LogP contribution is -2.51. The predicted octanol–water partition coefficient (Wildman–Crippen LogP) is 4.97. The van der Waals surface area contributed by atoms with E-state index in [2.05, 4.69) is 5.32 Å². The number of nitrogens with zero attached hydrogens (tertiary/aromatic N) is 3. The molecular formula is C28H30Cl2N4O7S. The highest BCUT2D eigenvalue weighted by molar-refractivity contribution is 7.92. The van der Waals surface area contributed by atoms with Crippen LogP contribution in [0.4, 0.5) is 11.4 Å². The van der Waals surface area contributed by atoms with E-state index in [1.165, 1.54) is 56.2 Å². The molecule has 3 aromatic rings. The number of hydrogen-bond acceptors (Lipinski definition) is 7. The summed E-state index contributed by atoms with van der Waals surface area (Å²) < 4.78 is 34.4. The molecule has 3 rings (SSSR count). The lowest BCUT2D eigenvalue weighted by Gasteiger charge is -2.32. The molecule has 0 saturated carbocycles. The highest BCUT2D eigenvalue weighted by Crippen LogP contribution is 2.36. The maximum atomic E-state index is 14.1. The van der Waals surface area contributed by atoms with Gasteiger partial charge in [-0.3, -0.25) is 24.0 Å². The molecule has 0 fully saturated rings. The second-order valence-corrected chi connectivity index (χ2v) is 11.9. The molecule has 1 N–H and O–H groups in total. The van der Waals surface area contributed by atoms with Crippen molar-refractivity contribution in [2.45, 2.75) is 38.3 Å². The Bertz CT molecular complexity index is 1600. The summed E-state index contributed by atoms with van der Waals surface area (Å²) in [6, 6.07) is 13.4. The molecule has 14 heteroatoms. The summed E-state index contributed by atoms with van der Waals surface area (Å²) >= 11 is 12.6.